The van der Waals surface area contributed by atoms with E-state index in [1.54, 1.807) is 0 Å². The van der Waals surface area contributed by atoms with Crippen LogP contribution in [0.2, 0.25) is 0 Å². The van der Waals surface area contributed by atoms with E-state index in [1.807, 2.05) is 18.2 Å². The Morgan fingerprint density at radius 1 is 1.53 bits per heavy atom. The lowest BCUT2D eigenvalue weighted by atomic mass is 10.2. The summed E-state index contributed by atoms with van der Waals surface area (Å²) in [7, 11) is 0. The van der Waals surface area contributed by atoms with Gasteiger partial charge in [-0.15, -0.1) is 0 Å². The van der Waals surface area contributed by atoms with Crippen LogP contribution < -0.4 is 5.32 Å². The number of ether oxygens (including phenoxy) is 1. The largest absolute Gasteiger partial charge is 0.377 e. The minimum atomic E-state index is -0.0333. The van der Waals surface area contributed by atoms with E-state index in [2.05, 4.69) is 43.8 Å². The van der Waals surface area contributed by atoms with E-state index in [0.717, 1.165) is 8.04 Å². The molecule has 1 aliphatic rings. The molecule has 15 heavy (non-hydrogen) atoms. The summed E-state index contributed by atoms with van der Waals surface area (Å²) in [6.07, 6.45) is 0. The Bertz CT molecular complexity index is 393. The van der Waals surface area contributed by atoms with Gasteiger partial charge >= 0.3 is 0 Å². The molecule has 80 valence electrons. The highest BCUT2D eigenvalue weighted by molar-refractivity contribution is 14.1. The van der Waals surface area contributed by atoms with Crippen LogP contribution in [0.15, 0.2) is 22.7 Å². The van der Waals surface area contributed by atoms with Gasteiger partial charge < -0.3 is 10.1 Å². The first-order valence-corrected chi connectivity index (χ1v) is 6.37. The van der Waals surface area contributed by atoms with Gasteiger partial charge in [-0.2, -0.15) is 0 Å². The fourth-order valence-electron chi connectivity index (χ4n) is 1.25. The molecule has 1 aliphatic heterocycles. The minimum Gasteiger partial charge on any atom is -0.377 e. The summed E-state index contributed by atoms with van der Waals surface area (Å²) < 4.78 is 6.87. The molecule has 1 fully saturated rings. The summed E-state index contributed by atoms with van der Waals surface area (Å²) in [5.41, 5.74) is 0.705. The van der Waals surface area contributed by atoms with Crippen LogP contribution in [0.5, 0.6) is 0 Å². The summed E-state index contributed by atoms with van der Waals surface area (Å²) in [6.45, 7) is 1.24. The summed E-state index contributed by atoms with van der Waals surface area (Å²) >= 11 is 5.51. The zero-order valence-corrected chi connectivity index (χ0v) is 11.5. The van der Waals surface area contributed by atoms with Gasteiger partial charge in [-0.1, -0.05) is 15.9 Å². The number of benzene rings is 1. The van der Waals surface area contributed by atoms with Gasteiger partial charge in [0.05, 0.1) is 24.8 Å². The molecule has 3 nitrogen and oxygen atoms in total. The van der Waals surface area contributed by atoms with Gasteiger partial charge in [0.1, 0.15) is 0 Å². The molecule has 1 N–H and O–H groups in total. The molecular weight excluding hydrogens is 373 g/mol. The maximum atomic E-state index is 11.8. The molecule has 0 aliphatic carbocycles. The van der Waals surface area contributed by atoms with Crippen molar-refractivity contribution in [3.63, 3.8) is 0 Å². The lowest BCUT2D eigenvalue weighted by Crippen LogP contribution is -2.48. The van der Waals surface area contributed by atoms with Crippen molar-refractivity contribution in [1.82, 2.24) is 5.32 Å². The Morgan fingerprint density at radius 2 is 2.27 bits per heavy atom. The summed E-state index contributed by atoms with van der Waals surface area (Å²) in [4.78, 5) is 11.8. The topological polar surface area (TPSA) is 38.3 Å². The van der Waals surface area contributed by atoms with Gasteiger partial charge in [0.25, 0.3) is 5.91 Å². The molecule has 0 unspecified atom stereocenters. The molecule has 1 heterocycles. The van der Waals surface area contributed by atoms with Crippen LogP contribution in [0.25, 0.3) is 0 Å². The van der Waals surface area contributed by atoms with Crippen molar-refractivity contribution >= 4 is 44.4 Å². The van der Waals surface area contributed by atoms with Crippen LogP contribution >= 0.6 is 38.5 Å². The molecule has 5 heteroatoms. The molecule has 0 saturated carbocycles. The molecule has 0 radical (unpaired) electrons. The van der Waals surface area contributed by atoms with E-state index >= 15 is 0 Å². The molecular formula is C10H9BrINO2. The molecule has 1 aromatic rings. The third kappa shape index (κ3) is 2.70. The Hall–Kier alpha value is -0.140. The molecule has 0 aromatic heterocycles. The molecule has 1 amide bonds. The smallest absolute Gasteiger partial charge is 0.252 e. The average Bonchev–Trinajstić information content (AvgIpc) is 2.15. The highest BCUT2D eigenvalue weighted by Gasteiger charge is 2.21. The number of carbonyl (C=O) groups excluding carboxylic acids is 1. The van der Waals surface area contributed by atoms with Crippen LogP contribution in [0.4, 0.5) is 0 Å². The molecule has 0 bridgehead atoms. The second kappa shape index (κ2) is 4.80. The first-order chi connectivity index (χ1) is 7.16. The van der Waals surface area contributed by atoms with Crippen LogP contribution in [0.1, 0.15) is 10.4 Å². The van der Waals surface area contributed by atoms with Crippen molar-refractivity contribution < 1.29 is 9.53 Å². The standard InChI is InChI=1S/C10H9BrINO2/c11-6-1-2-9(12)8(3-6)10(14)13-7-4-15-5-7/h1-3,7H,4-5H2,(H,13,14). The number of hydrogen-bond acceptors (Lipinski definition) is 2. The maximum Gasteiger partial charge on any atom is 0.252 e. The van der Waals surface area contributed by atoms with Crippen molar-refractivity contribution in [2.45, 2.75) is 6.04 Å². The number of hydrogen-bond donors (Lipinski definition) is 1. The molecule has 2 rings (SSSR count). The predicted octanol–water partition coefficient (Wildman–Crippen LogP) is 2.18. The Labute approximate surface area is 110 Å². The van der Waals surface area contributed by atoms with E-state index in [0.29, 0.717) is 18.8 Å². The van der Waals surface area contributed by atoms with Crippen LogP contribution in [0, 0.1) is 3.57 Å². The monoisotopic (exact) mass is 381 g/mol. The van der Waals surface area contributed by atoms with Gasteiger partial charge in [-0.25, -0.2) is 0 Å². The second-order valence-electron chi connectivity index (χ2n) is 3.33. The molecule has 1 saturated heterocycles. The molecule has 0 spiro atoms. The normalized spacial score (nSPS) is 15.9. The lowest BCUT2D eigenvalue weighted by molar-refractivity contribution is -0.00348. The fourth-order valence-corrected chi connectivity index (χ4v) is 2.20. The van der Waals surface area contributed by atoms with E-state index in [1.165, 1.54) is 0 Å². The van der Waals surface area contributed by atoms with E-state index in [-0.39, 0.29) is 11.9 Å². The van der Waals surface area contributed by atoms with Crippen LogP contribution in [0.3, 0.4) is 0 Å². The Morgan fingerprint density at radius 3 is 2.87 bits per heavy atom. The van der Waals surface area contributed by atoms with Gasteiger partial charge in [-0.3, -0.25) is 4.79 Å². The van der Waals surface area contributed by atoms with Gasteiger partial charge in [0.15, 0.2) is 0 Å². The van der Waals surface area contributed by atoms with E-state index in [4.69, 9.17) is 4.74 Å². The summed E-state index contributed by atoms with van der Waals surface area (Å²) in [5, 5.41) is 2.91. The highest BCUT2D eigenvalue weighted by Crippen LogP contribution is 2.18. The Kier molecular flexibility index (Phi) is 3.63. The van der Waals surface area contributed by atoms with Crippen molar-refractivity contribution in [1.29, 1.82) is 0 Å². The zero-order valence-electron chi connectivity index (χ0n) is 7.80. The first-order valence-electron chi connectivity index (χ1n) is 4.50. The fraction of sp³-hybridized carbons (Fsp3) is 0.300. The van der Waals surface area contributed by atoms with Gasteiger partial charge in [0.2, 0.25) is 0 Å². The van der Waals surface area contributed by atoms with Crippen molar-refractivity contribution in [3.8, 4) is 0 Å². The highest BCUT2D eigenvalue weighted by atomic mass is 127. The van der Waals surface area contributed by atoms with Crippen molar-refractivity contribution in [3.05, 3.63) is 31.8 Å². The molecule has 1 aromatic carbocycles. The second-order valence-corrected chi connectivity index (χ2v) is 5.41. The Balaban J connectivity index is 2.12. The number of nitrogens with one attached hydrogen (secondary N) is 1. The first kappa shape index (κ1) is 11.3. The maximum absolute atomic E-state index is 11.8. The summed E-state index contributed by atoms with van der Waals surface area (Å²) in [6, 6.07) is 5.84. The van der Waals surface area contributed by atoms with Gasteiger partial charge in [0, 0.05) is 8.04 Å². The minimum absolute atomic E-state index is 0.0333. The van der Waals surface area contributed by atoms with Crippen molar-refractivity contribution in [2.75, 3.05) is 13.2 Å². The third-order valence-electron chi connectivity index (χ3n) is 2.15. The lowest BCUT2D eigenvalue weighted by Gasteiger charge is -2.26. The number of halogens is 2. The van der Waals surface area contributed by atoms with E-state index in [9.17, 15) is 4.79 Å². The zero-order chi connectivity index (χ0) is 10.8. The van der Waals surface area contributed by atoms with Crippen molar-refractivity contribution in [2.24, 2.45) is 0 Å². The van der Waals surface area contributed by atoms with Gasteiger partial charge in [-0.05, 0) is 40.8 Å². The average molecular weight is 382 g/mol. The number of amides is 1. The summed E-state index contributed by atoms with van der Waals surface area (Å²) in [5.74, 6) is -0.0333. The SMILES string of the molecule is O=C(NC1COC1)c1cc(Br)ccc1I. The quantitative estimate of drug-likeness (QED) is 0.797. The van der Waals surface area contributed by atoms with E-state index < -0.39 is 0 Å². The third-order valence-corrected chi connectivity index (χ3v) is 3.58. The number of rotatable bonds is 2. The molecule has 0 atom stereocenters. The van der Waals surface area contributed by atoms with Crippen LogP contribution in [-0.4, -0.2) is 25.2 Å². The van der Waals surface area contributed by atoms with Crippen LogP contribution in [-0.2, 0) is 4.74 Å². The number of carbonyl (C=O) groups is 1. The predicted molar refractivity (Wildman–Crippen MR) is 68.9 cm³/mol.